The molecule has 4 nitrogen and oxygen atoms in total. The predicted molar refractivity (Wildman–Crippen MR) is 82.4 cm³/mol. The van der Waals surface area contributed by atoms with Crippen LogP contribution in [0.3, 0.4) is 0 Å². The summed E-state index contributed by atoms with van der Waals surface area (Å²) in [5.74, 6) is 0.808. The quantitative estimate of drug-likeness (QED) is 0.887. The SMILES string of the molecule is CCNC(c1cncc(OC(C)C)c1)c1scnc1C. The second-order valence-corrected chi connectivity index (χ2v) is 5.80. The Hall–Kier alpha value is -1.46. The van der Waals surface area contributed by atoms with Crippen LogP contribution in [0.25, 0.3) is 0 Å². The fourth-order valence-electron chi connectivity index (χ4n) is 2.08. The second-order valence-electron chi connectivity index (χ2n) is 4.91. The average molecular weight is 291 g/mol. The lowest BCUT2D eigenvalue weighted by Crippen LogP contribution is -2.22. The summed E-state index contributed by atoms with van der Waals surface area (Å²) in [6, 6.07) is 2.18. The Bertz CT molecular complexity index is 554. The summed E-state index contributed by atoms with van der Waals surface area (Å²) in [5.41, 5.74) is 4.06. The molecule has 0 saturated carbocycles. The van der Waals surface area contributed by atoms with Crippen molar-refractivity contribution in [3.63, 3.8) is 0 Å². The Balaban J connectivity index is 2.32. The van der Waals surface area contributed by atoms with E-state index in [-0.39, 0.29) is 12.1 Å². The highest BCUT2D eigenvalue weighted by Crippen LogP contribution is 2.29. The highest BCUT2D eigenvalue weighted by molar-refractivity contribution is 7.09. The van der Waals surface area contributed by atoms with Crippen molar-refractivity contribution in [1.29, 1.82) is 0 Å². The van der Waals surface area contributed by atoms with Gasteiger partial charge in [0.05, 0.1) is 29.5 Å². The van der Waals surface area contributed by atoms with Gasteiger partial charge in [-0.15, -0.1) is 11.3 Å². The minimum Gasteiger partial charge on any atom is -0.489 e. The predicted octanol–water partition coefficient (Wildman–Crippen LogP) is 3.33. The number of rotatable bonds is 6. The first-order valence-electron chi connectivity index (χ1n) is 6.86. The van der Waals surface area contributed by atoms with E-state index in [0.29, 0.717) is 0 Å². The molecule has 0 fully saturated rings. The monoisotopic (exact) mass is 291 g/mol. The standard InChI is InChI=1S/C15H21N3OS/c1-5-17-14(15-11(4)18-9-20-15)12-6-13(8-16-7-12)19-10(2)3/h6-10,14,17H,5H2,1-4H3. The lowest BCUT2D eigenvalue weighted by atomic mass is 10.1. The van der Waals surface area contributed by atoms with E-state index in [4.69, 9.17) is 4.74 Å². The van der Waals surface area contributed by atoms with Gasteiger partial charge in [-0.1, -0.05) is 6.92 Å². The molecule has 0 spiro atoms. The Labute approximate surface area is 124 Å². The van der Waals surface area contributed by atoms with Gasteiger partial charge in [0, 0.05) is 11.1 Å². The van der Waals surface area contributed by atoms with Gasteiger partial charge in [-0.2, -0.15) is 0 Å². The van der Waals surface area contributed by atoms with E-state index in [1.165, 1.54) is 4.88 Å². The number of pyridine rings is 1. The van der Waals surface area contributed by atoms with Crippen LogP contribution in [0.1, 0.15) is 42.9 Å². The number of ether oxygens (including phenoxy) is 1. The van der Waals surface area contributed by atoms with Crippen molar-refractivity contribution >= 4 is 11.3 Å². The molecule has 1 unspecified atom stereocenters. The van der Waals surface area contributed by atoms with Crippen LogP contribution in [0.15, 0.2) is 24.0 Å². The molecule has 0 amide bonds. The largest absolute Gasteiger partial charge is 0.489 e. The van der Waals surface area contributed by atoms with Crippen molar-refractivity contribution in [3.8, 4) is 5.75 Å². The number of hydrogen-bond acceptors (Lipinski definition) is 5. The van der Waals surface area contributed by atoms with Gasteiger partial charge in [-0.25, -0.2) is 4.98 Å². The second kappa shape index (κ2) is 6.81. The molecule has 1 N–H and O–H groups in total. The molecule has 0 saturated heterocycles. The zero-order valence-electron chi connectivity index (χ0n) is 12.4. The van der Waals surface area contributed by atoms with Crippen molar-refractivity contribution in [1.82, 2.24) is 15.3 Å². The molecule has 2 heterocycles. The van der Waals surface area contributed by atoms with Crippen molar-refractivity contribution < 1.29 is 4.74 Å². The molecule has 1 atom stereocenters. The van der Waals surface area contributed by atoms with Gasteiger partial charge in [0.15, 0.2) is 0 Å². The molecule has 0 bridgehead atoms. The molecular weight excluding hydrogens is 270 g/mol. The number of aryl methyl sites for hydroxylation is 1. The lowest BCUT2D eigenvalue weighted by Gasteiger charge is -2.18. The summed E-state index contributed by atoms with van der Waals surface area (Å²) >= 11 is 1.67. The van der Waals surface area contributed by atoms with Crippen LogP contribution in [0, 0.1) is 6.92 Å². The molecule has 0 radical (unpaired) electrons. The van der Waals surface area contributed by atoms with Crippen molar-refractivity contribution in [2.24, 2.45) is 0 Å². The molecule has 2 aromatic rings. The highest BCUT2D eigenvalue weighted by atomic mass is 32.1. The molecule has 0 aliphatic rings. The van der Waals surface area contributed by atoms with Gasteiger partial charge in [0.2, 0.25) is 0 Å². The van der Waals surface area contributed by atoms with E-state index in [9.17, 15) is 0 Å². The van der Waals surface area contributed by atoms with Crippen LogP contribution in [0.2, 0.25) is 0 Å². The van der Waals surface area contributed by atoms with Gasteiger partial charge < -0.3 is 10.1 Å². The van der Waals surface area contributed by atoms with Crippen LogP contribution in [0.5, 0.6) is 5.75 Å². The zero-order chi connectivity index (χ0) is 14.5. The Morgan fingerprint density at radius 2 is 2.15 bits per heavy atom. The van der Waals surface area contributed by atoms with E-state index < -0.39 is 0 Å². The average Bonchev–Trinajstić information content (AvgIpc) is 2.81. The van der Waals surface area contributed by atoms with Gasteiger partial charge in [-0.05, 0) is 38.9 Å². The first-order valence-corrected chi connectivity index (χ1v) is 7.74. The first-order chi connectivity index (χ1) is 9.61. The molecule has 2 aromatic heterocycles. The zero-order valence-corrected chi connectivity index (χ0v) is 13.2. The number of nitrogens with zero attached hydrogens (tertiary/aromatic N) is 2. The summed E-state index contributed by atoms with van der Waals surface area (Å²) in [6.07, 6.45) is 3.79. The first kappa shape index (κ1) is 14.9. The van der Waals surface area contributed by atoms with Gasteiger partial charge in [-0.3, -0.25) is 4.98 Å². The minimum absolute atomic E-state index is 0.121. The molecule has 0 aliphatic carbocycles. The van der Waals surface area contributed by atoms with Gasteiger partial charge >= 0.3 is 0 Å². The minimum atomic E-state index is 0.121. The summed E-state index contributed by atoms with van der Waals surface area (Å²) < 4.78 is 5.73. The normalized spacial score (nSPS) is 12.7. The van der Waals surface area contributed by atoms with Gasteiger partial charge in [0.25, 0.3) is 0 Å². The number of aromatic nitrogens is 2. The number of nitrogens with one attached hydrogen (secondary N) is 1. The molecule has 0 aliphatic heterocycles. The maximum Gasteiger partial charge on any atom is 0.138 e. The fourth-order valence-corrected chi connectivity index (χ4v) is 2.99. The fraction of sp³-hybridized carbons (Fsp3) is 0.467. The summed E-state index contributed by atoms with van der Waals surface area (Å²) in [4.78, 5) is 9.87. The molecule has 20 heavy (non-hydrogen) atoms. The van der Waals surface area contributed by atoms with Crippen LogP contribution in [-0.2, 0) is 0 Å². The number of hydrogen-bond donors (Lipinski definition) is 1. The van der Waals surface area contributed by atoms with E-state index in [2.05, 4.69) is 28.3 Å². The van der Waals surface area contributed by atoms with Crippen LogP contribution >= 0.6 is 11.3 Å². The molecule has 5 heteroatoms. The van der Waals surface area contributed by atoms with Crippen molar-refractivity contribution in [2.75, 3.05) is 6.54 Å². The van der Waals surface area contributed by atoms with E-state index >= 15 is 0 Å². The third kappa shape index (κ3) is 3.55. The smallest absolute Gasteiger partial charge is 0.138 e. The van der Waals surface area contributed by atoms with E-state index in [1.807, 2.05) is 32.5 Å². The molecule has 108 valence electrons. The third-order valence-electron chi connectivity index (χ3n) is 2.89. The van der Waals surface area contributed by atoms with Crippen LogP contribution in [-0.4, -0.2) is 22.6 Å². The van der Waals surface area contributed by atoms with E-state index in [1.54, 1.807) is 17.5 Å². The summed E-state index contributed by atoms with van der Waals surface area (Å²) in [5, 5.41) is 3.50. The Morgan fingerprint density at radius 3 is 2.75 bits per heavy atom. The highest BCUT2D eigenvalue weighted by Gasteiger charge is 2.18. The molecular formula is C15H21N3OS. The van der Waals surface area contributed by atoms with Crippen molar-refractivity contribution in [3.05, 3.63) is 40.1 Å². The van der Waals surface area contributed by atoms with Crippen LogP contribution < -0.4 is 10.1 Å². The molecule has 2 rings (SSSR count). The topological polar surface area (TPSA) is 47.0 Å². The maximum absolute atomic E-state index is 5.73. The van der Waals surface area contributed by atoms with Gasteiger partial charge in [0.1, 0.15) is 5.75 Å². The summed E-state index contributed by atoms with van der Waals surface area (Å²) in [7, 11) is 0. The van der Waals surface area contributed by atoms with E-state index in [0.717, 1.165) is 23.6 Å². The lowest BCUT2D eigenvalue weighted by molar-refractivity contribution is 0.241. The number of thiazole rings is 1. The Morgan fingerprint density at radius 1 is 1.35 bits per heavy atom. The van der Waals surface area contributed by atoms with Crippen LogP contribution in [0.4, 0.5) is 0 Å². The third-order valence-corrected chi connectivity index (χ3v) is 3.89. The summed E-state index contributed by atoms with van der Waals surface area (Å²) in [6.45, 7) is 9.06. The maximum atomic E-state index is 5.73. The molecule has 0 aromatic carbocycles. The Kier molecular flexibility index (Phi) is 5.09. The van der Waals surface area contributed by atoms with Crippen molar-refractivity contribution in [2.45, 2.75) is 39.8 Å².